The molecule has 0 unspecified atom stereocenters. The second-order valence-corrected chi connectivity index (χ2v) is 12.1. The van der Waals surface area contributed by atoms with Gasteiger partial charge in [0.15, 0.2) is 0 Å². The Morgan fingerprint density at radius 1 is 0.354 bits per heavy atom. The first-order valence-corrected chi connectivity index (χ1v) is 16.4. The minimum atomic E-state index is 0.912. The van der Waals surface area contributed by atoms with E-state index in [1.54, 1.807) is 0 Å². The van der Waals surface area contributed by atoms with E-state index >= 15 is 0 Å². The minimum absolute atomic E-state index is 0.912. The number of furan rings is 1. The molecule has 2 heteroatoms. The first-order valence-electron chi connectivity index (χ1n) is 16.4. The van der Waals surface area contributed by atoms with Gasteiger partial charge in [-0.3, -0.25) is 0 Å². The van der Waals surface area contributed by atoms with Crippen LogP contribution in [-0.4, -0.2) is 0 Å². The zero-order chi connectivity index (χ0) is 31.9. The van der Waals surface area contributed by atoms with Gasteiger partial charge in [-0.15, -0.1) is 0 Å². The molecular weight excluding hydrogens is 583 g/mol. The van der Waals surface area contributed by atoms with Crippen LogP contribution in [0.1, 0.15) is 0 Å². The van der Waals surface area contributed by atoms with E-state index < -0.39 is 0 Å². The molecule has 0 N–H and O–H groups in total. The van der Waals surface area contributed by atoms with Gasteiger partial charge in [0.25, 0.3) is 0 Å². The fraction of sp³-hybridized carbons (Fsp3) is 0. The Balaban J connectivity index is 1.13. The lowest BCUT2D eigenvalue weighted by atomic mass is 9.95. The van der Waals surface area contributed by atoms with E-state index in [4.69, 9.17) is 4.42 Å². The molecule has 0 atom stereocenters. The third-order valence-electron chi connectivity index (χ3n) is 9.27. The van der Waals surface area contributed by atoms with Crippen molar-refractivity contribution in [3.05, 3.63) is 188 Å². The van der Waals surface area contributed by atoms with Crippen LogP contribution in [0.2, 0.25) is 0 Å². The van der Waals surface area contributed by atoms with E-state index in [0.717, 1.165) is 33.6 Å². The van der Waals surface area contributed by atoms with Gasteiger partial charge in [0, 0.05) is 27.7 Å². The molecule has 1 aromatic heterocycles. The van der Waals surface area contributed by atoms with E-state index in [1.165, 1.54) is 49.5 Å². The molecule has 0 amide bonds. The Hall–Kier alpha value is -6.38. The van der Waals surface area contributed by atoms with Gasteiger partial charge >= 0.3 is 0 Å². The fourth-order valence-electron chi connectivity index (χ4n) is 7.02. The average Bonchev–Trinajstić information content (AvgIpc) is 3.56. The average molecular weight is 614 g/mol. The molecule has 0 aliphatic carbocycles. The molecule has 48 heavy (non-hydrogen) atoms. The molecule has 0 spiro atoms. The molecule has 226 valence electrons. The second-order valence-electron chi connectivity index (χ2n) is 12.1. The summed E-state index contributed by atoms with van der Waals surface area (Å²) in [6.45, 7) is 0. The molecule has 1 heterocycles. The fourth-order valence-corrected chi connectivity index (χ4v) is 7.02. The van der Waals surface area contributed by atoms with Gasteiger partial charge in [-0.1, -0.05) is 140 Å². The van der Waals surface area contributed by atoms with Crippen molar-refractivity contribution in [1.82, 2.24) is 0 Å². The highest BCUT2D eigenvalue weighted by Gasteiger charge is 2.18. The summed E-state index contributed by atoms with van der Waals surface area (Å²) in [6, 6.07) is 66.8. The first kappa shape index (κ1) is 27.9. The van der Waals surface area contributed by atoms with Crippen LogP contribution in [0.3, 0.4) is 0 Å². The molecule has 0 bridgehead atoms. The van der Waals surface area contributed by atoms with E-state index in [9.17, 15) is 0 Å². The summed E-state index contributed by atoms with van der Waals surface area (Å²) >= 11 is 0. The number of hydrogen-bond acceptors (Lipinski definition) is 2. The van der Waals surface area contributed by atoms with Crippen molar-refractivity contribution in [2.45, 2.75) is 0 Å². The van der Waals surface area contributed by atoms with Gasteiger partial charge in [0.2, 0.25) is 0 Å². The van der Waals surface area contributed by atoms with Crippen LogP contribution < -0.4 is 4.90 Å². The predicted octanol–water partition coefficient (Wildman–Crippen LogP) is 13.2. The maximum absolute atomic E-state index is 6.38. The molecule has 2 nitrogen and oxygen atoms in total. The van der Waals surface area contributed by atoms with Gasteiger partial charge in [-0.05, 0) is 87.1 Å². The summed E-state index contributed by atoms with van der Waals surface area (Å²) in [4.78, 5) is 2.34. The highest BCUT2D eigenvalue weighted by molar-refractivity contribution is 6.23. The Bertz CT molecular complexity index is 2530. The lowest BCUT2D eigenvalue weighted by Gasteiger charge is -2.28. The van der Waals surface area contributed by atoms with E-state index in [0.29, 0.717) is 0 Å². The zero-order valence-electron chi connectivity index (χ0n) is 26.3. The van der Waals surface area contributed by atoms with Crippen LogP contribution in [0.25, 0.3) is 66.1 Å². The molecule has 9 rings (SSSR count). The number of fused-ring (bicyclic) bond motifs is 5. The number of rotatable bonds is 6. The van der Waals surface area contributed by atoms with Crippen molar-refractivity contribution in [2.24, 2.45) is 0 Å². The highest BCUT2D eigenvalue weighted by atomic mass is 16.3. The SMILES string of the molecule is c1ccc(-c2ccccc2N(c2ccccc2)c2ccc(-c3ccc4c(ccc5oc6cccc(-c7ccccc7)c6c54)c3)cc2)cc1. The zero-order valence-corrected chi connectivity index (χ0v) is 26.3. The molecule has 0 radical (unpaired) electrons. The van der Waals surface area contributed by atoms with Crippen molar-refractivity contribution in [1.29, 1.82) is 0 Å². The summed E-state index contributed by atoms with van der Waals surface area (Å²) in [5.74, 6) is 0. The lowest BCUT2D eigenvalue weighted by molar-refractivity contribution is 0.669. The lowest BCUT2D eigenvalue weighted by Crippen LogP contribution is -2.11. The molecule has 0 saturated heterocycles. The van der Waals surface area contributed by atoms with Crippen LogP contribution in [0.5, 0.6) is 0 Å². The number of hydrogen-bond donors (Lipinski definition) is 0. The molecule has 9 aromatic rings. The Morgan fingerprint density at radius 3 is 1.69 bits per heavy atom. The Kier molecular flexibility index (Phi) is 6.84. The van der Waals surface area contributed by atoms with E-state index in [1.807, 2.05) is 0 Å². The largest absolute Gasteiger partial charge is 0.456 e. The summed E-state index contributed by atoms with van der Waals surface area (Å²) in [7, 11) is 0. The molecule has 8 aromatic carbocycles. The maximum atomic E-state index is 6.38. The van der Waals surface area contributed by atoms with Gasteiger partial charge < -0.3 is 9.32 Å². The van der Waals surface area contributed by atoms with Gasteiger partial charge in [-0.2, -0.15) is 0 Å². The molecule has 0 aliphatic heterocycles. The molecule has 0 aliphatic rings. The molecule has 0 fully saturated rings. The van der Waals surface area contributed by atoms with Gasteiger partial charge in [0.05, 0.1) is 5.69 Å². The predicted molar refractivity (Wildman–Crippen MR) is 202 cm³/mol. The number of benzene rings is 8. The summed E-state index contributed by atoms with van der Waals surface area (Å²) in [5, 5.41) is 4.72. The maximum Gasteiger partial charge on any atom is 0.136 e. The number of anilines is 3. The van der Waals surface area contributed by atoms with E-state index in [2.05, 4.69) is 193 Å². The highest BCUT2D eigenvalue weighted by Crippen LogP contribution is 2.43. The quantitative estimate of drug-likeness (QED) is 0.185. The van der Waals surface area contributed by atoms with Crippen molar-refractivity contribution >= 4 is 49.8 Å². The minimum Gasteiger partial charge on any atom is -0.456 e. The summed E-state index contributed by atoms with van der Waals surface area (Å²) < 4.78 is 6.38. The normalized spacial score (nSPS) is 11.3. The van der Waals surface area contributed by atoms with Crippen LogP contribution in [-0.2, 0) is 0 Å². The summed E-state index contributed by atoms with van der Waals surface area (Å²) in [6.07, 6.45) is 0. The van der Waals surface area contributed by atoms with E-state index in [-0.39, 0.29) is 0 Å². The third kappa shape index (κ3) is 4.83. The van der Waals surface area contributed by atoms with Crippen LogP contribution in [0.15, 0.2) is 192 Å². The third-order valence-corrected chi connectivity index (χ3v) is 9.27. The van der Waals surface area contributed by atoms with Crippen molar-refractivity contribution in [3.8, 4) is 33.4 Å². The number of nitrogens with zero attached hydrogens (tertiary/aromatic N) is 1. The standard InChI is InChI=1S/C46H31NO/c1-4-13-33(14-5-1)39-19-10-11-21-42(39)47(37-17-8-3-9-18-37)38-27-23-32(24-28-38)35-25-29-41-36(31-35)26-30-44-46(41)45-40(20-12-22-43(45)48-44)34-15-6-2-7-16-34/h1-31H. The Labute approximate surface area is 279 Å². The number of para-hydroxylation sites is 2. The molecule has 0 saturated carbocycles. The van der Waals surface area contributed by atoms with Crippen molar-refractivity contribution in [3.63, 3.8) is 0 Å². The van der Waals surface area contributed by atoms with Crippen molar-refractivity contribution in [2.75, 3.05) is 4.90 Å². The molecular formula is C46H31NO. The van der Waals surface area contributed by atoms with Crippen LogP contribution in [0, 0.1) is 0 Å². The van der Waals surface area contributed by atoms with Crippen LogP contribution in [0.4, 0.5) is 17.1 Å². The topological polar surface area (TPSA) is 16.4 Å². The summed E-state index contributed by atoms with van der Waals surface area (Å²) in [5.41, 5.74) is 12.3. The second kappa shape index (κ2) is 11.8. The van der Waals surface area contributed by atoms with Gasteiger partial charge in [-0.25, -0.2) is 0 Å². The Morgan fingerprint density at radius 2 is 0.938 bits per heavy atom. The monoisotopic (exact) mass is 613 g/mol. The first-order chi connectivity index (χ1) is 23.8. The van der Waals surface area contributed by atoms with Gasteiger partial charge in [0.1, 0.15) is 11.2 Å². The van der Waals surface area contributed by atoms with Crippen molar-refractivity contribution < 1.29 is 4.42 Å². The smallest absolute Gasteiger partial charge is 0.136 e. The van der Waals surface area contributed by atoms with Crippen LogP contribution >= 0.6 is 0 Å².